The van der Waals surface area contributed by atoms with Crippen LogP contribution in [0.3, 0.4) is 0 Å². The minimum absolute atomic E-state index is 0.330. The summed E-state index contributed by atoms with van der Waals surface area (Å²) in [5, 5.41) is 10.9. The number of rotatable bonds is 3. The molecule has 2 aromatic rings. The van der Waals surface area contributed by atoms with Crippen LogP contribution in [0.4, 0.5) is 0 Å². The number of para-hydroxylation sites is 1. The Balaban J connectivity index is 2.19. The van der Waals surface area contributed by atoms with E-state index in [1.54, 1.807) is 48.5 Å². The van der Waals surface area contributed by atoms with Gasteiger partial charge in [0.25, 0.3) is 0 Å². The summed E-state index contributed by atoms with van der Waals surface area (Å²) >= 11 is 0. The van der Waals surface area contributed by atoms with E-state index in [9.17, 15) is 9.90 Å². The number of carbonyl (C=O) groups excluding carboxylic acids is 1. The fourth-order valence-corrected chi connectivity index (χ4v) is 1.46. The van der Waals surface area contributed by atoms with Crippen molar-refractivity contribution in [3.63, 3.8) is 0 Å². The highest BCUT2D eigenvalue weighted by Gasteiger charge is 2.10. The van der Waals surface area contributed by atoms with E-state index in [-0.39, 0.29) is 0 Å². The van der Waals surface area contributed by atoms with Crippen molar-refractivity contribution in [3.8, 4) is 5.75 Å². The van der Waals surface area contributed by atoms with Crippen LogP contribution < -0.4 is 4.74 Å². The molecule has 0 aromatic heterocycles. The van der Waals surface area contributed by atoms with Gasteiger partial charge in [-0.3, -0.25) is 0 Å². The van der Waals surface area contributed by atoms with Crippen molar-refractivity contribution in [2.75, 3.05) is 0 Å². The fraction of sp³-hybridized carbons (Fsp3) is 0.0714. The molecular weight excluding hydrogens is 216 g/mol. The highest BCUT2D eigenvalue weighted by atomic mass is 16.5. The molecule has 3 heteroatoms. The summed E-state index contributed by atoms with van der Waals surface area (Å²) < 4.78 is 5.18. The molecule has 0 amide bonds. The maximum absolute atomic E-state index is 11.8. The molecule has 1 radical (unpaired) electrons. The van der Waals surface area contributed by atoms with Gasteiger partial charge in [-0.1, -0.05) is 36.4 Å². The third-order valence-electron chi connectivity index (χ3n) is 2.34. The molecular formula is C14H11O3. The Bertz CT molecular complexity index is 506. The Morgan fingerprint density at radius 2 is 1.59 bits per heavy atom. The number of benzene rings is 2. The van der Waals surface area contributed by atoms with Gasteiger partial charge in [-0.15, -0.1) is 0 Å². The van der Waals surface area contributed by atoms with Crippen LogP contribution in [0.1, 0.15) is 15.9 Å². The van der Waals surface area contributed by atoms with Gasteiger partial charge < -0.3 is 4.74 Å². The van der Waals surface area contributed by atoms with Gasteiger partial charge in [-0.25, -0.2) is 9.90 Å². The van der Waals surface area contributed by atoms with Crippen molar-refractivity contribution < 1.29 is 14.6 Å². The zero-order valence-corrected chi connectivity index (χ0v) is 9.13. The summed E-state index contributed by atoms with van der Waals surface area (Å²) in [4.78, 5) is 11.8. The minimum Gasteiger partial charge on any atom is -0.423 e. The highest BCUT2D eigenvalue weighted by Crippen LogP contribution is 2.19. The molecule has 2 aromatic carbocycles. The highest BCUT2D eigenvalue weighted by molar-refractivity contribution is 5.91. The lowest BCUT2D eigenvalue weighted by molar-refractivity contribution is 0.0728. The normalized spacial score (nSPS) is 9.94. The summed E-state index contributed by atoms with van der Waals surface area (Å²) in [7, 11) is 0. The van der Waals surface area contributed by atoms with Gasteiger partial charge in [-0.05, 0) is 18.2 Å². The molecule has 0 aliphatic heterocycles. The zero-order chi connectivity index (χ0) is 12.1. The topological polar surface area (TPSA) is 46.2 Å². The standard InChI is InChI=1S/C14H11O3/c15-10-12-8-4-5-9-13(12)17-14(16)11-6-2-1-3-7-11/h1-9H,10H2. The van der Waals surface area contributed by atoms with E-state index < -0.39 is 12.6 Å². The van der Waals surface area contributed by atoms with Crippen LogP contribution in [0.15, 0.2) is 54.6 Å². The molecule has 0 saturated heterocycles. The fourth-order valence-electron chi connectivity index (χ4n) is 1.46. The Morgan fingerprint density at radius 3 is 2.29 bits per heavy atom. The van der Waals surface area contributed by atoms with Gasteiger partial charge in [0.05, 0.1) is 5.56 Å². The molecule has 17 heavy (non-hydrogen) atoms. The first-order valence-electron chi connectivity index (χ1n) is 5.24. The van der Waals surface area contributed by atoms with Crippen molar-refractivity contribution in [1.82, 2.24) is 0 Å². The Kier molecular flexibility index (Phi) is 3.52. The van der Waals surface area contributed by atoms with E-state index in [4.69, 9.17) is 4.74 Å². The first-order chi connectivity index (χ1) is 8.31. The van der Waals surface area contributed by atoms with Crippen molar-refractivity contribution in [2.45, 2.75) is 6.61 Å². The average molecular weight is 227 g/mol. The maximum Gasteiger partial charge on any atom is 0.343 e. The van der Waals surface area contributed by atoms with Crippen molar-refractivity contribution in [3.05, 3.63) is 65.7 Å². The summed E-state index contributed by atoms with van der Waals surface area (Å²) in [6.45, 7) is -0.405. The third kappa shape index (κ3) is 2.71. The lowest BCUT2D eigenvalue weighted by Crippen LogP contribution is -2.09. The number of carbonyl (C=O) groups is 1. The predicted molar refractivity (Wildman–Crippen MR) is 62.2 cm³/mol. The zero-order valence-electron chi connectivity index (χ0n) is 9.13. The van der Waals surface area contributed by atoms with Gasteiger partial charge in [0.1, 0.15) is 12.4 Å². The number of hydrogen-bond acceptors (Lipinski definition) is 2. The summed E-state index contributed by atoms with van der Waals surface area (Å²) in [5.41, 5.74) is 0.949. The van der Waals surface area contributed by atoms with E-state index >= 15 is 0 Å². The number of ether oxygens (including phenoxy) is 1. The van der Waals surface area contributed by atoms with Gasteiger partial charge in [0.15, 0.2) is 0 Å². The molecule has 0 bridgehead atoms. The molecule has 85 valence electrons. The second kappa shape index (κ2) is 5.27. The van der Waals surface area contributed by atoms with Crippen LogP contribution in [-0.4, -0.2) is 5.97 Å². The lowest BCUT2D eigenvalue weighted by atomic mass is 10.2. The summed E-state index contributed by atoms with van der Waals surface area (Å²) in [6, 6.07) is 15.4. The SMILES string of the molecule is [O]Cc1ccccc1OC(=O)c1ccccc1. The van der Waals surface area contributed by atoms with Gasteiger partial charge in [0.2, 0.25) is 0 Å². The monoisotopic (exact) mass is 227 g/mol. The smallest absolute Gasteiger partial charge is 0.343 e. The molecule has 0 spiro atoms. The van der Waals surface area contributed by atoms with Crippen LogP contribution in [0.5, 0.6) is 5.75 Å². The van der Waals surface area contributed by atoms with E-state index in [0.717, 1.165) is 0 Å². The third-order valence-corrected chi connectivity index (χ3v) is 2.34. The van der Waals surface area contributed by atoms with Crippen LogP contribution in [-0.2, 0) is 11.7 Å². The first kappa shape index (κ1) is 11.4. The van der Waals surface area contributed by atoms with Crippen molar-refractivity contribution in [1.29, 1.82) is 0 Å². The largest absolute Gasteiger partial charge is 0.423 e. The summed E-state index contributed by atoms with van der Waals surface area (Å²) in [6.07, 6.45) is 0. The van der Waals surface area contributed by atoms with Crippen LogP contribution in [0.25, 0.3) is 0 Å². The molecule has 0 saturated carbocycles. The molecule has 2 rings (SSSR count). The number of esters is 1. The molecule has 0 aliphatic carbocycles. The van der Waals surface area contributed by atoms with E-state index in [2.05, 4.69) is 0 Å². The van der Waals surface area contributed by atoms with E-state index in [0.29, 0.717) is 16.9 Å². The van der Waals surface area contributed by atoms with Crippen LogP contribution >= 0.6 is 0 Å². The van der Waals surface area contributed by atoms with Gasteiger partial charge >= 0.3 is 5.97 Å². The Labute approximate surface area is 99.3 Å². The molecule has 0 N–H and O–H groups in total. The number of hydrogen-bond donors (Lipinski definition) is 0. The minimum atomic E-state index is -0.452. The van der Waals surface area contributed by atoms with Crippen LogP contribution in [0, 0.1) is 0 Å². The molecule has 0 fully saturated rings. The van der Waals surface area contributed by atoms with Crippen LogP contribution in [0.2, 0.25) is 0 Å². The Hall–Kier alpha value is -2.13. The Morgan fingerprint density at radius 1 is 0.941 bits per heavy atom. The van der Waals surface area contributed by atoms with E-state index in [1.165, 1.54) is 0 Å². The second-order valence-electron chi connectivity index (χ2n) is 3.51. The maximum atomic E-state index is 11.8. The predicted octanol–water partition coefficient (Wildman–Crippen LogP) is 2.84. The molecule has 0 aliphatic rings. The molecule has 0 heterocycles. The van der Waals surface area contributed by atoms with Gasteiger partial charge in [0, 0.05) is 5.56 Å². The quantitative estimate of drug-likeness (QED) is 0.598. The molecule has 0 unspecified atom stereocenters. The average Bonchev–Trinajstić information content (AvgIpc) is 2.40. The first-order valence-corrected chi connectivity index (χ1v) is 5.24. The second-order valence-corrected chi connectivity index (χ2v) is 3.51. The van der Waals surface area contributed by atoms with Crippen molar-refractivity contribution >= 4 is 5.97 Å². The van der Waals surface area contributed by atoms with E-state index in [1.807, 2.05) is 6.07 Å². The molecule has 0 atom stereocenters. The van der Waals surface area contributed by atoms with Gasteiger partial charge in [-0.2, -0.15) is 0 Å². The molecule has 3 nitrogen and oxygen atoms in total. The lowest BCUT2D eigenvalue weighted by Gasteiger charge is -2.07. The summed E-state index contributed by atoms with van der Waals surface area (Å²) in [5.74, 6) is -0.122. The van der Waals surface area contributed by atoms with Crippen molar-refractivity contribution in [2.24, 2.45) is 0 Å².